The van der Waals surface area contributed by atoms with E-state index in [0.717, 1.165) is 19.4 Å². The Morgan fingerprint density at radius 1 is 1.05 bits per heavy atom. The van der Waals surface area contributed by atoms with Crippen molar-refractivity contribution in [2.75, 3.05) is 19.7 Å². The minimum absolute atomic E-state index is 0.0893. The number of nitrogens with one attached hydrogen (secondary N) is 2. The van der Waals surface area contributed by atoms with Crippen molar-refractivity contribution in [2.45, 2.75) is 51.0 Å². The Morgan fingerprint density at radius 3 is 2.55 bits per heavy atom. The molecule has 0 atom stereocenters. The molecule has 1 fully saturated rings. The molecule has 1 saturated carbocycles. The minimum Gasteiger partial charge on any atom is -0.378 e. The van der Waals surface area contributed by atoms with Gasteiger partial charge in [0.15, 0.2) is 0 Å². The molecule has 1 aliphatic rings. The third-order valence-electron chi connectivity index (χ3n) is 4.05. The van der Waals surface area contributed by atoms with Crippen LogP contribution in [0.5, 0.6) is 0 Å². The molecule has 1 aliphatic carbocycles. The molecule has 4 nitrogen and oxygen atoms in total. The molecule has 2 rings (SSSR count). The molecule has 22 heavy (non-hydrogen) atoms. The highest BCUT2D eigenvalue weighted by Gasteiger charge is 2.12. The van der Waals surface area contributed by atoms with Crippen LogP contribution in [0.25, 0.3) is 0 Å². The Morgan fingerprint density at radius 2 is 1.77 bits per heavy atom. The number of urea groups is 1. The van der Waals surface area contributed by atoms with Crippen LogP contribution in [0.4, 0.5) is 4.79 Å². The summed E-state index contributed by atoms with van der Waals surface area (Å²) in [4.78, 5) is 11.6. The van der Waals surface area contributed by atoms with Crippen molar-refractivity contribution in [3.8, 4) is 0 Å². The molecule has 2 amide bonds. The van der Waals surface area contributed by atoms with Crippen LogP contribution in [-0.2, 0) is 11.2 Å². The van der Waals surface area contributed by atoms with E-state index < -0.39 is 0 Å². The zero-order valence-electron chi connectivity index (χ0n) is 13.4. The summed E-state index contributed by atoms with van der Waals surface area (Å²) in [5.41, 5.74) is 1.24. The summed E-state index contributed by atoms with van der Waals surface area (Å²) in [5.74, 6) is 0. The zero-order chi connectivity index (χ0) is 15.5. The standard InChI is InChI=1S/C18H28N2O2/c21-18(20-14-12-16-8-3-1-4-9-16)19-13-7-15-22-17-10-5-2-6-11-17/h1,3-4,8-9,17H,2,5-7,10-15H2,(H2,19,20,21). The van der Waals surface area contributed by atoms with Gasteiger partial charge >= 0.3 is 6.03 Å². The predicted octanol–water partition coefficient (Wildman–Crippen LogP) is 3.27. The van der Waals surface area contributed by atoms with Crippen LogP contribution in [0, 0.1) is 0 Å². The van der Waals surface area contributed by atoms with E-state index in [-0.39, 0.29) is 6.03 Å². The highest BCUT2D eigenvalue weighted by Crippen LogP contribution is 2.20. The van der Waals surface area contributed by atoms with Gasteiger partial charge in [0.1, 0.15) is 0 Å². The van der Waals surface area contributed by atoms with Crippen molar-refractivity contribution < 1.29 is 9.53 Å². The van der Waals surface area contributed by atoms with Gasteiger partial charge in [-0.2, -0.15) is 0 Å². The van der Waals surface area contributed by atoms with Crippen LogP contribution in [0.1, 0.15) is 44.1 Å². The second kappa shape index (κ2) is 10.2. The van der Waals surface area contributed by atoms with Crippen molar-refractivity contribution in [3.63, 3.8) is 0 Å². The molecule has 0 radical (unpaired) electrons. The van der Waals surface area contributed by atoms with Gasteiger partial charge in [0, 0.05) is 19.7 Å². The largest absolute Gasteiger partial charge is 0.378 e. The fourth-order valence-corrected chi connectivity index (χ4v) is 2.78. The van der Waals surface area contributed by atoms with E-state index >= 15 is 0 Å². The summed E-state index contributed by atoms with van der Waals surface area (Å²) >= 11 is 0. The molecule has 1 aromatic rings. The Bertz CT molecular complexity index is 416. The number of carbonyl (C=O) groups is 1. The molecule has 4 heteroatoms. The maximum absolute atomic E-state index is 11.6. The van der Waals surface area contributed by atoms with Gasteiger partial charge in [-0.15, -0.1) is 0 Å². The third-order valence-corrected chi connectivity index (χ3v) is 4.05. The van der Waals surface area contributed by atoms with Crippen molar-refractivity contribution in [1.82, 2.24) is 10.6 Å². The fraction of sp³-hybridized carbons (Fsp3) is 0.611. The van der Waals surface area contributed by atoms with Gasteiger partial charge in [0.05, 0.1) is 6.10 Å². The molecule has 0 heterocycles. The summed E-state index contributed by atoms with van der Waals surface area (Å²) in [5, 5.41) is 5.76. The van der Waals surface area contributed by atoms with Crippen LogP contribution in [0.3, 0.4) is 0 Å². The maximum Gasteiger partial charge on any atom is 0.314 e. The van der Waals surface area contributed by atoms with Crippen molar-refractivity contribution in [3.05, 3.63) is 35.9 Å². The molecule has 122 valence electrons. The molecular weight excluding hydrogens is 276 g/mol. The number of hydrogen-bond donors (Lipinski definition) is 2. The number of ether oxygens (including phenoxy) is 1. The zero-order valence-corrected chi connectivity index (χ0v) is 13.4. The average molecular weight is 304 g/mol. The molecule has 2 N–H and O–H groups in total. The van der Waals surface area contributed by atoms with E-state index in [4.69, 9.17) is 4.74 Å². The van der Waals surface area contributed by atoms with Gasteiger partial charge in [-0.1, -0.05) is 49.6 Å². The molecule has 0 spiro atoms. The lowest BCUT2D eigenvalue weighted by Crippen LogP contribution is -2.37. The number of rotatable bonds is 8. The monoisotopic (exact) mass is 304 g/mol. The third kappa shape index (κ3) is 6.94. The predicted molar refractivity (Wildman–Crippen MR) is 89.0 cm³/mol. The van der Waals surface area contributed by atoms with Crippen molar-refractivity contribution in [1.29, 1.82) is 0 Å². The Balaban J connectivity index is 1.44. The molecule has 0 saturated heterocycles. The smallest absolute Gasteiger partial charge is 0.314 e. The normalized spacial score (nSPS) is 15.5. The van der Waals surface area contributed by atoms with E-state index in [1.807, 2.05) is 18.2 Å². The average Bonchev–Trinajstić information content (AvgIpc) is 2.56. The highest BCUT2D eigenvalue weighted by molar-refractivity contribution is 5.73. The van der Waals surface area contributed by atoms with E-state index in [0.29, 0.717) is 19.2 Å². The lowest BCUT2D eigenvalue weighted by molar-refractivity contribution is 0.0275. The van der Waals surface area contributed by atoms with Gasteiger partial charge in [0.25, 0.3) is 0 Å². The van der Waals surface area contributed by atoms with E-state index in [1.54, 1.807) is 0 Å². The molecule has 1 aromatic carbocycles. The number of benzene rings is 1. The summed E-state index contributed by atoms with van der Waals surface area (Å²) < 4.78 is 5.83. The van der Waals surface area contributed by atoms with Crippen molar-refractivity contribution in [2.24, 2.45) is 0 Å². The van der Waals surface area contributed by atoms with Crippen LogP contribution in [0.2, 0.25) is 0 Å². The number of amides is 2. The van der Waals surface area contributed by atoms with Crippen LogP contribution in [-0.4, -0.2) is 31.8 Å². The summed E-state index contributed by atoms with van der Waals surface area (Å²) in [6.45, 7) is 2.08. The second-order valence-corrected chi connectivity index (χ2v) is 5.90. The molecule has 0 aliphatic heterocycles. The lowest BCUT2D eigenvalue weighted by Gasteiger charge is -2.21. The first-order chi connectivity index (χ1) is 10.8. The van der Waals surface area contributed by atoms with Crippen LogP contribution >= 0.6 is 0 Å². The Hall–Kier alpha value is -1.55. The quantitative estimate of drug-likeness (QED) is 0.724. The van der Waals surface area contributed by atoms with E-state index in [2.05, 4.69) is 22.8 Å². The van der Waals surface area contributed by atoms with Gasteiger partial charge in [-0.25, -0.2) is 4.79 Å². The Labute approximate surface area is 133 Å². The summed E-state index contributed by atoms with van der Waals surface area (Å²) in [7, 11) is 0. The van der Waals surface area contributed by atoms with Gasteiger partial charge in [-0.3, -0.25) is 0 Å². The first kappa shape index (κ1) is 16.8. The van der Waals surface area contributed by atoms with E-state index in [1.165, 1.54) is 37.7 Å². The van der Waals surface area contributed by atoms with Gasteiger partial charge in [0.2, 0.25) is 0 Å². The fourth-order valence-electron chi connectivity index (χ4n) is 2.78. The van der Waals surface area contributed by atoms with E-state index in [9.17, 15) is 4.79 Å². The summed E-state index contributed by atoms with van der Waals surface area (Å²) in [6, 6.07) is 10.1. The molecule has 0 unspecified atom stereocenters. The maximum atomic E-state index is 11.6. The first-order valence-corrected chi connectivity index (χ1v) is 8.52. The molecule has 0 bridgehead atoms. The van der Waals surface area contributed by atoms with Crippen LogP contribution in [0.15, 0.2) is 30.3 Å². The minimum atomic E-state index is -0.0893. The number of hydrogen-bond acceptors (Lipinski definition) is 2. The number of carbonyl (C=O) groups excluding carboxylic acids is 1. The SMILES string of the molecule is O=C(NCCCOC1CCCCC1)NCCc1ccccc1. The topological polar surface area (TPSA) is 50.4 Å². The second-order valence-electron chi connectivity index (χ2n) is 5.90. The molecular formula is C18H28N2O2. The van der Waals surface area contributed by atoms with Crippen LogP contribution < -0.4 is 10.6 Å². The lowest BCUT2D eigenvalue weighted by atomic mass is 9.98. The van der Waals surface area contributed by atoms with Crippen molar-refractivity contribution >= 4 is 6.03 Å². The van der Waals surface area contributed by atoms with Gasteiger partial charge < -0.3 is 15.4 Å². The first-order valence-electron chi connectivity index (χ1n) is 8.52. The van der Waals surface area contributed by atoms with Gasteiger partial charge in [-0.05, 0) is 31.2 Å². The Kier molecular flexibility index (Phi) is 7.81. The molecule has 0 aromatic heterocycles. The summed E-state index contributed by atoms with van der Waals surface area (Å²) in [6.07, 6.45) is 8.54. The highest BCUT2D eigenvalue weighted by atomic mass is 16.5.